The molecular weight excluding hydrogens is 204 g/mol. The number of hydrogen-bond acceptors (Lipinski definition) is 4. The van der Waals surface area contributed by atoms with E-state index >= 15 is 0 Å². The quantitative estimate of drug-likeness (QED) is 0.544. The summed E-state index contributed by atoms with van der Waals surface area (Å²) in [7, 11) is 0. The number of hydrogen-bond donors (Lipinski definition) is 2. The van der Waals surface area contributed by atoms with Gasteiger partial charge < -0.3 is 20.1 Å². The Balaban J connectivity index is 3.39. The molecule has 1 atom stereocenters. The van der Waals surface area contributed by atoms with Gasteiger partial charge in [0.1, 0.15) is 0 Å². The first kappa shape index (κ1) is 15.8. The lowest BCUT2D eigenvalue weighted by atomic mass is 10.3. The van der Waals surface area contributed by atoms with E-state index in [-0.39, 0.29) is 12.2 Å². The first-order valence-corrected chi connectivity index (χ1v) is 6.32. The third-order valence-electron chi connectivity index (χ3n) is 2.47. The van der Waals surface area contributed by atoms with Crippen LogP contribution in [0.5, 0.6) is 0 Å². The third kappa shape index (κ3) is 9.09. The number of rotatable bonds is 10. The normalized spacial score (nSPS) is 13.7. The summed E-state index contributed by atoms with van der Waals surface area (Å²) in [6.07, 6.45) is -0.0126. The minimum absolute atomic E-state index is 0.280. The number of ether oxygens (including phenoxy) is 1. The van der Waals surface area contributed by atoms with E-state index in [1.807, 2.05) is 13.8 Å². The van der Waals surface area contributed by atoms with Gasteiger partial charge in [-0.1, -0.05) is 13.8 Å². The molecule has 0 aromatic carbocycles. The van der Waals surface area contributed by atoms with Crippen molar-refractivity contribution in [3.05, 3.63) is 0 Å². The lowest BCUT2D eigenvalue weighted by molar-refractivity contribution is 0.0752. The van der Waals surface area contributed by atoms with Gasteiger partial charge in [0.05, 0.1) is 18.8 Å². The molecule has 0 spiro atoms. The van der Waals surface area contributed by atoms with Crippen LogP contribution in [0.4, 0.5) is 0 Å². The van der Waals surface area contributed by atoms with Crippen molar-refractivity contribution < 1.29 is 9.84 Å². The number of aliphatic hydroxyl groups is 1. The molecule has 0 saturated heterocycles. The molecule has 0 radical (unpaired) electrons. The van der Waals surface area contributed by atoms with E-state index in [0.717, 1.165) is 26.2 Å². The highest BCUT2D eigenvalue weighted by Crippen LogP contribution is 1.91. The molecule has 0 aliphatic heterocycles. The molecule has 0 rings (SSSR count). The Hall–Kier alpha value is -0.160. The Morgan fingerprint density at radius 1 is 1.25 bits per heavy atom. The zero-order chi connectivity index (χ0) is 12.4. The van der Waals surface area contributed by atoms with Crippen LogP contribution >= 0.6 is 0 Å². The first-order valence-electron chi connectivity index (χ1n) is 6.32. The molecule has 0 aliphatic carbocycles. The SMILES string of the molecule is CCN(CC)CC(O)CNCCOC(C)C. The summed E-state index contributed by atoms with van der Waals surface area (Å²) < 4.78 is 5.39. The van der Waals surface area contributed by atoms with Crippen LogP contribution < -0.4 is 5.32 Å². The molecular formula is C12H28N2O2. The van der Waals surface area contributed by atoms with Crippen molar-refractivity contribution in [1.82, 2.24) is 10.2 Å². The van der Waals surface area contributed by atoms with Crippen molar-refractivity contribution in [2.45, 2.75) is 39.9 Å². The molecule has 0 aliphatic rings. The maximum atomic E-state index is 9.75. The zero-order valence-electron chi connectivity index (χ0n) is 11.2. The van der Waals surface area contributed by atoms with Crippen molar-refractivity contribution >= 4 is 0 Å². The van der Waals surface area contributed by atoms with Crippen LogP contribution in [-0.2, 0) is 4.74 Å². The third-order valence-corrected chi connectivity index (χ3v) is 2.47. The summed E-state index contributed by atoms with van der Waals surface area (Å²) in [5.74, 6) is 0. The Morgan fingerprint density at radius 3 is 2.38 bits per heavy atom. The number of likely N-dealkylation sites (N-methyl/N-ethyl adjacent to an activating group) is 1. The first-order chi connectivity index (χ1) is 7.60. The lowest BCUT2D eigenvalue weighted by Crippen LogP contribution is -2.39. The van der Waals surface area contributed by atoms with E-state index in [9.17, 15) is 5.11 Å². The maximum absolute atomic E-state index is 9.75. The van der Waals surface area contributed by atoms with Crippen molar-refractivity contribution in [2.75, 3.05) is 39.3 Å². The van der Waals surface area contributed by atoms with Crippen LogP contribution in [0, 0.1) is 0 Å². The average molecular weight is 232 g/mol. The van der Waals surface area contributed by atoms with E-state index in [2.05, 4.69) is 24.1 Å². The summed E-state index contributed by atoms with van der Waals surface area (Å²) in [5, 5.41) is 12.9. The van der Waals surface area contributed by atoms with Gasteiger partial charge in [0.2, 0.25) is 0 Å². The molecule has 0 bridgehead atoms. The Bertz CT molecular complexity index is 150. The van der Waals surface area contributed by atoms with E-state index in [0.29, 0.717) is 13.2 Å². The largest absolute Gasteiger partial charge is 0.390 e. The summed E-state index contributed by atoms with van der Waals surface area (Å²) in [6.45, 7) is 13.1. The molecule has 0 fully saturated rings. The van der Waals surface area contributed by atoms with Crippen LogP contribution in [0.3, 0.4) is 0 Å². The fraction of sp³-hybridized carbons (Fsp3) is 1.00. The summed E-state index contributed by atoms with van der Waals surface area (Å²) in [5.41, 5.74) is 0. The van der Waals surface area contributed by atoms with Gasteiger partial charge in [-0.25, -0.2) is 0 Å². The van der Waals surface area contributed by atoms with Crippen molar-refractivity contribution in [2.24, 2.45) is 0 Å². The van der Waals surface area contributed by atoms with Crippen LogP contribution in [0.2, 0.25) is 0 Å². The molecule has 0 aromatic rings. The second-order valence-corrected chi connectivity index (χ2v) is 4.26. The minimum Gasteiger partial charge on any atom is -0.390 e. The second kappa shape index (κ2) is 10.0. The number of aliphatic hydroxyl groups excluding tert-OH is 1. The molecule has 4 heteroatoms. The van der Waals surface area contributed by atoms with Gasteiger partial charge >= 0.3 is 0 Å². The lowest BCUT2D eigenvalue weighted by Gasteiger charge is -2.22. The molecule has 98 valence electrons. The monoisotopic (exact) mass is 232 g/mol. The van der Waals surface area contributed by atoms with Crippen LogP contribution in [0.25, 0.3) is 0 Å². The molecule has 1 unspecified atom stereocenters. The van der Waals surface area contributed by atoms with Crippen LogP contribution in [0.15, 0.2) is 0 Å². The minimum atomic E-state index is -0.293. The summed E-state index contributed by atoms with van der Waals surface area (Å²) in [4.78, 5) is 2.22. The molecule has 0 aromatic heterocycles. The molecule has 16 heavy (non-hydrogen) atoms. The van der Waals surface area contributed by atoms with E-state index in [4.69, 9.17) is 4.74 Å². The summed E-state index contributed by atoms with van der Waals surface area (Å²) in [6, 6.07) is 0. The highest BCUT2D eigenvalue weighted by atomic mass is 16.5. The van der Waals surface area contributed by atoms with Crippen LogP contribution in [-0.4, -0.2) is 61.5 Å². The predicted molar refractivity (Wildman–Crippen MR) is 67.8 cm³/mol. The van der Waals surface area contributed by atoms with Gasteiger partial charge in [-0.15, -0.1) is 0 Å². The smallest absolute Gasteiger partial charge is 0.0791 e. The molecule has 2 N–H and O–H groups in total. The Labute approximate surface area is 100.0 Å². The number of nitrogens with zero attached hydrogens (tertiary/aromatic N) is 1. The van der Waals surface area contributed by atoms with E-state index < -0.39 is 0 Å². The van der Waals surface area contributed by atoms with Crippen molar-refractivity contribution in [3.63, 3.8) is 0 Å². The number of nitrogens with one attached hydrogen (secondary N) is 1. The van der Waals surface area contributed by atoms with Gasteiger partial charge in [0.25, 0.3) is 0 Å². The van der Waals surface area contributed by atoms with Gasteiger partial charge in [0.15, 0.2) is 0 Å². The zero-order valence-corrected chi connectivity index (χ0v) is 11.2. The van der Waals surface area contributed by atoms with E-state index in [1.165, 1.54) is 0 Å². The maximum Gasteiger partial charge on any atom is 0.0791 e. The van der Waals surface area contributed by atoms with Crippen molar-refractivity contribution in [3.8, 4) is 0 Å². The molecule has 4 nitrogen and oxygen atoms in total. The highest BCUT2D eigenvalue weighted by Gasteiger charge is 2.07. The van der Waals surface area contributed by atoms with Gasteiger partial charge in [0, 0.05) is 19.6 Å². The molecule has 0 amide bonds. The predicted octanol–water partition coefficient (Wildman–Crippen LogP) is 0.704. The molecule has 0 saturated carbocycles. The highest BCUT2D eigenvalue weighted by molar-refractivity contribution is 4.65. The Morgan fingerprint density at radius 2 is 1.88 bits per heavy atom. The Kier molecular flexibility index (Phi) is 9.92. The standard InChI is InChI=1S/C12H28N2O2/c1-5-14(6-2)10-12(15)9-13-7-8-16-11(3)4/h11-13,15H,5-10H2,1-4H3. The van der Waals surface area contributed by atoms with E-state index in [1.54, 1.807) is 0 Å². The van der Waals surface area contributed by atoms with Gasteiger partial charge in [-0.05, 0) is 26.9 Å². The fourth-order valence-electron chi connectivity index (χ4n) is 1.48. The average Bonchev–Trinajstić information content (AvgIpc) is 2.25. The summed E-state index contributed by atoms with van der Waals surface area (Å²) >= 11 is 0. The van der Waals surface area contributed by atoms with Gasteiger partial charge in [-0.2, -0.15) is 0 Å². The van der Waals surface area contributed by atoms with Gasteiger partial charge in [-0.3, -0.25) is 0 Å². The van der Waals surface area contributed by atoms with Crippen molar-refractivity contribution in [1.29, 1.82) is 0 Å². The fourth-order valence-corrected chi connectivity index (χ4v) is 1.48. The molecule has 0 heterocycles. The topological polar surface area (TPSA) is 44.7 Å². The second-order valence-electron chi connectivity index (χ2n) is 4.26. The van der Waals surface area contributed by atoms with Crippen LogP contribution in [0.1, 0.15) is 27.7 Å².